The molecule has 1 N–H and O–H groups in total. The second-order valence-electron chi connectivity index (χ2n) is 6.48. The van der Waals surface area contributed by atoms with Crippen LogP contribution in [0.4, 0.5) is 11.4 Å². The quantitative estimate of drug-likeness (QED) is 0.670. The van der Waals surface area contributed by atoms with Gasteiger partial charge < -0.3 is 29.0 Å². The van der Waals surface area contributed by atoms with Gasteiger partial charge in [-0.1, -0.05) is 0 Å². The molecule has 0 aliphatic heterocycles. The van der Waals surface area contributed by atoms with Crippen molar-refractivity contribution in [1.82, 2.24) is 4.90 Å². The highest BCUT2D eigenvalue weighted by Gasteiger charge is 2.18. The van der Waals surface area contributed by atoms with E-state index in [0.717, 1.165) is 11.3 Å². The molecule has 2 rings (SSSR count). The van der Waals surface area contributed by atoms with Crippen LogP contribution >= 0.6 is 0 Å². The Morgan fingerprint density at radius 1 is 1.07 bits per heavy atom. The van der Waals surface area contributed by atoms with Crippen LogP contribution in [0.1, 0.15) is 11.3 Å². The van der Waals surface area contributed by atoms with Crippen LogP contribution in [0.25, 0.3) is 0 Å². The van der Waals surface area contributed by atoms with Gasteiger partial charge in [0, 0.05) is 46.2 Å². The van der Waals surface area contributed by atoms with Gasteiger partial charge in [-0.05, 0) is 35.9 Å². The SMILES string of the molecule is COCC(=O)Nc1ccc(N(C)C)c(CN(Cc2ccco2)C(=O)COC)c1. The standard InChI is InChI=1S/C20H27N3O5/c1-22(2)18-8-7-16(21-19(24)13-26-3)10-15(18)11-23(20(25)14-27-4)12-17-6-5-9-28-17/h5-10H,11-14H2,1-4H3,(H,21,24). The Bertz CT molecular complexity index is 774. The number of amides is 2. The molecule has 0 radical (unpaired) electrons. The predicted octanol–water partition coefficient (Wildman–Crippen LogP) is 2.11. The molecule has 0 aliphatic rings. The molecule has 0 spiro atoms. The highest BCUT2D eigenvalue weighted by atomic mass is 16.5. The van der Waals surface area contributed by atoms with Crippen molar-refractivity contribution in [2.24, 2.45) is 0 Å². The highest BCUT2D eigenvalue weighted by Crippen LogP contribution is 2.25. The number of hydrogen-bond donors (Lipinski definition) is 1. The zero-order chi connectivity index (χ0) is 20.5. The minimum absolute atomic E-state index is 0.0255. The molecule has 152 valence electrons. The van der Waals surface area contributed by atoms with Crippen molar-refractivity contribution in [2.45, 2.75) is 13.1 Å². The molecule has 0 atom stereocenters. The number of rotatable bonds is 10. The Hall–Kier alpha value is -2.84. The van der Waals surface area contributed by atoms with E-state index in [-0.39, 0.29) is 25.0 Å². The number of carbonyl (C=O) groups is 2. The first-order chi connectivity index (χ1) is 13.4. The van der Waals surface area contributed by atoms with Crippen LogP contribution in [0.3, 0.4) is 0 Å². The van der Waals surface area contributed by atoms with Gasteiger partial charge in [0.2, 0.25) is 11.8 Å². The van der Waals surface area contributed by atoms with Gasteiger partial charge in [0.25, 0.3) is 0 Å². The molecule has 0 aliphatic carbocycles. The van der Waals surface area contributed by atoms with Gasteiger partial charge in [0.05, 0.1) is 12.8 Å². The number of ether oxygens (including phenoxy) is 2. The fraction of sp³-hybridized carbons (Fsp3) is 0.400. The Morgan fingerprint density at radius 2 is 1.82 bits per heavy atom. The number of furan rings is 1. The van der Waals surface area contributed by atoms with Crippen molar-refractivity contribution >= 4 is 23.2 Å². The van der Waals surface area contributed by atoms with Crippen molar-refractivity contribution in [1.29, 1.82) is 0 Å². The molecule has 8 nitrogen and oxygen atoms in total. The van der Waals surface area contributed by atoms with E-state index in [9.17, 15) is 9.59 Å². The molecule has 0 saturated carbocycles. The molecule has 0 unspecified atom stereocenters. The third kappa shape index (κ3) is 6.11. The molecule has 0 bridgehead atoms. The van der Waals surface area contributed by atoms with Crippen LogP contribution in [0.2, 0.25) is 0 Å². The van der Waals surface area contributed by atoms with Crippen molar-refractivity contribution in [3.8, 4) is 0 Å². The van der Waals surface area contributed by atoms with Crippen molar-refractivity contribution < 1.29 is 23.5 Å². The Morgan fingerprint density at radius 3 is 2.43 bits per heavy atom. The van der Waals surface area contributed by atoms with E-state index in [0.29, 0.717) is 24.5 Å². The van der Waals surface area contributed by atoms with Gasteiger partial charge in [-0.2, -0.15) is 0 Å². The van der Waals surface area contributed by atoms with E-state index in [1.807, 2.05) is 43.3 Å². The molecule has 1 heterocycles. The first-order valence-electron chi connectivity index (χ1n) is 8.82. The minimum atomic E-state index is -0.242. The lowest BCUT2D eigenvalue weighted by molar-refractivity contribution is -0.136. The second kappa shape index (κ2) is 10.5. The van der Waals surface area contributed by atoms with E-state index in [1.165, 1.54) is 14.2 Å². The molecule has 28 heavy (non-hydrogen) atoms. The number of carbonyl (C=O) groups excluding carboxylic acids is 2. The Balaban J connectivity index is 2.28. The van der Waals surface area contributed by atoms with Gasteiger partial charge in [-0.15, -0.1) is 0 Å². The van der Waals surface area contributed by atoms with Gasteiger partial charge in [-0.3, -0.25) is 9.59 Å². The van der Waals surface area contributed by atoms with Gasteiger partial charge in [-0.25, -0.2) is 0 Å². The molecular formula is C20H27N3O5. The smallest absolute Gasteiger partial charge is 0.250 e. The molecule has 0 fully saturated rings. The molecule has 2 aromatic rings. The van der Waals surface area contributed by atoms with E-state index in [2.05, 4.69) is 5.32 Å². The summed E-state index contributed by atoms with van der Waals surface area (Å²) < 4.78 is 15.3. The van der Waals surface area contributed by atoms with E-state index in [1.54, 1.807) is 17.2 Å². The fourth-order valence-corrected chi connectivity index (χ4v) is 2.80. The van der Waals surface area contributed by atoms with Crippen LogP contribution in [-0.2, 0) is 32.2 Å². The van der Waals surface area contributed by atoms with Crippen LogP contribution in [0.5, 0.6) is 0 Å². The van der Waals surface area contributed by atoms with Gasteiger partial charge >= 0.3 is 0 Å². The summed E-state index contributed by atoms with van der Waals surface area (Å²) in [6.45, 7) is 0.608. The molecule has 8 heteroatoms. The fourth-order valence-electron chi connectivity index (χ4n) is 2.80. The van der Waals surface area contributed by atoms with E-state index in [4.69, 9.17) is 13.9 Å². The number of nitrogens with one attached hydrogen (secondary N) is 1. The maximum Gasteiger partial charge on any atom is 0.250 e. The van der Waals surface area contributed by atoms with Crippen LogP contribution in [0, 0.1) is 0 Å². The first-order valence-corrected chi connectivity index (χ1v) is 8.82. The summed E-state index contributed by atoms with van der Waals surface area (Å²) in [7, 11) is 6.81. The van der Waals surface area contributed by atoms with Gasteiger partial charge in [0.15, 0.2) is 0 Å². The highest BCUT2D eigenvalue weighted by molar-refractivity contribution is 5.92. The average Bonchev–Trinajstić information content (AvgIpc) is 3.14. The first kappa shape index (κ1) is 21.5. The lowest BCUT2D eigenvalue weighted by Gasteiger charge is -2.25. The third-order valence-electron chi connectivity index (χ3n) is 4.03. The second-order valence-corrected chi connectivity index (χ2v) is 6.48. The van der Waals surface area contributed by atoms with Crippen LogP contribution in [0.15, 0.2) is 41.0 Å². The molecule has 1 aromatic carbocycles. The zero-order valence-electron chi connectivity index (χ0n) is 16.7. The summed E-state index contributed by atoms with van der Waals surface area (Å²) in [4.78, 5) is 28.0. The predicted molar refractivity (Wildman–Crippen MR) is 106 cm³/mol. The lowest BCUT2D eigenvalue weighted by Crippen LogP contribution is -2.33. The number of methoxy groups -OCH3 is 2. The number of hydrogen-bond acceptors (Lipinski definition) is 6. The number of benzene rings is 1. The monoisotopic (exact) mass is 389 g/mol. The summed E-state index contributed by atoms with van der Waals surface area (Å²) >= 11 is 0. The summed E-state index contributed by atoms with van der Waals surface area (Å²) in [6.07, 6.45) is 1.57. The third-order valence-corrected chi connectivity index (χ3v) is 4.03. The summed E-state index contributed by atoms with van der Waals surface area (Å²) in [5, 5.41) is 2.79. The topological polar surface area (TPSA) is 84.3 Å². The molecule has 1 aromatic heterocycles. The Labute approximate surface area is 165 Å². The van der Waals surface area contributed by atoms with Crippen LogP contribution in [-0.4, -0.2) is 58.2 Å². The van der Waals surface area contributed by atoms with Crippen molar-refractivity contribution in [3.05, 3.63) is 47.9 Å². The maximum absolute atomic E-state index is 12.6. The lowest BCUT2D eigenvalue weighted by atomic mass is 10.1. The largest absolute Gasteiger partial charge is 0.467 e. The summed E-state index contributed by atoms with van der Waals surface area (Å²) in [5.74, 6) is 0.284. The van der Waals surface area contributed by atoms with E-state index < -0.39 is 0 Å². The summed E-state index contributed by atoms with van der Waals surface area (Å²) in [6, 6.07) is 9.19. The molecular weight excluding hydrogens is 362 g/mol. The number of anilines is 2. The van der Waals surface area contributed by atoms with E-state index >= 15 is 0 Å². The van der Waals surface area contributed by atoms with Crippen molar-refractivity contribution in [2.75, 3.05) is 51.7 Å². The normalized spacial score (nSPS) is 10.6. The van der Waals surface area contributed by atoms with Crippen LogP contribution < -0.4 is 10.2 Å². The molecule has 2 amide bonds. The zero-order valence-corrected chi connectivity index (χ0v) is 16.7. The summed E-state index contributed by atoms with van der Waals surface area (Å²) in [5.41, 5.74) is 2.47. The minimum Gasteiger partial charge on any atom is -0.467 e. The Kier molecular flexibility index (Phi) is 8.03. The van der Waals surface area contributed by atoms with Crippen molar-refractivity contribution in [3.63, 3.8) is 0 Å². The van der Waals surface area contributed by atoms with Gasteiger partial charge in [0.1, 0.15) is 19.0 Å². The average molecular weight is 389 g/mol. The maximum atomic E-state index is 12.6. The number of nitrogens with zero attached hydrogens (tertiary/aromatic N) is 2. The molecule has 0 saturated heterocycles.